The molecule has 0 atom stereocenters. The van der Waals surface area contributed by atoms with Gasteiger partial charge in [0.15, 0.2) is 0 Å². The number of hydrogen-bond acceptors (Lipinski definition) is 4. The minimum Gasteiger partial charge on any atom is -0.491 e. The lowest BCUT2D eigenvalue weighted by Crippen LogP contribution is -2.32. The highest BCUT2D eigenvalue weighted by Gasteiger charge is 2.15. The Morgan fingerprint density at radius 2 is 1.71 bits per heavy atom. The van der Waals surface area contributed by atoms with Crippen LogP contribution in [0.15, 0.2) is 48.5 Å². The zero-order valence-electron chi connectivity index (χ0n) is 19.1. The van der Waals surface area contributed by atoms with E-state index in [2.05, 4.69) is 38.3 Å². The van der Waals surface area contributed by atoms with Crippen LogP contribution in [0.4, 0.5) is 11.4 Å². The molecule has 0 aromatic heterocycles. The molecule has 6 nitrogen and oxygen atoms in total. The summed E-state index contributed by atoms with van der Waals surface area (Å²) < 4.78 is 5.82. The van der Waals surface area contributed by atoms with Crippen molar-refractivity contribution in [3.05, 3.63) is 54.1 Å². The number of rotatable bonds is 12. The van der Waals surface area contributed by atoms with Crippen LogP contribution in [0.1, 0.15) is 50.9 Å². The highest BCUT2D eigenvalue weighted by atomic mass is 16.5. The summed E-state index contributed by atoms with van der Waals surface area (Å²) in [7, 11) is 0. The largest absolute Gasteiger partial charge is 0.491 e. The number of ether oxygens (including phenoxy) is 1. The van der Waals surface area contributed by atoms with Gasteiger partial charge in [-0.15, -0.1) is 0 Å². The van der Waals surface area contributed by atoms with Crippen LogP contribution < -0.4 is 15.4 Å². The van der Waals surface area contributed by atoms with E-state index in [1.54, 1.807) is 24.3 Å². The topological polar surface area (TPSA) is 70.7 Å². The molecule has 0 saturated heterocycles. The summed E-state index contributed by atoms with van der Waals surface area (Å²) in [4.78, 5) is 27.1. The Bertz CT molecular complexity index is 845. The lowest BCUT2D eigenvalue weighted by atomic mass is 10.1. The van der Waals surface area contributed by atoms with Gasteiger partial charge < -0.3 is 20.3 Å². The highest BCUT2D eigenvalue weighted by molar-refractivity contribution is 5.98. The Morgan fingerprint density at radius 1 is 1.00 bits per heavy atom. The molecule has 2 aromatic carbocycles. The fourth-order valence-electron chi connectivity index (χ4n) is 3.14. The van der Waals surface area contributed by atoms with Crippen molar-refractivity contribution in [1.82, 2.24) is 4.90 Å². The van der Waals surface area contributed by atoms with Gasteiger partial charge in [-0.05, 0) is 49.1 Å². The molecule has 0 bridgehead atoms. The van der Waals surface area contributed by atoms with Crippen LogP contribution in [-0.2, 0) is 4.79 Å². The van der Waals surface area contributed by atoms with E-state index in [0.29, 0.717) is 23.8 Å². The maximum absolute atomic E-state index is 12.8. The van der Waals surface area contributed by atoms with Gasteiger partial charge in [0.05, 0.1) is 18.8 Å². The summed E-state index contributed by atoms with van der Waals surface area (Å²) in [5.41, 5.74) is 1.96. The van der Waals surface area contributed by atoms with Gasteiger partial charge in [-0.25, -0.2) is 0 Å². The molecule has 0 fully saturated rings. The Kier molecular flexibility index (Phi) is 9.88. The predicted octanol–water partition coefficient (Wildman–Crippen LogP) is 5.03. The summed E-state index contributed by atoms with van der Waals surface area (Å²) in [5.74, 6) is 0.942. The van der Waals surface area contributed by atoms with E-state index in [9.17, 15) is 9.59 Å². The van der Waals surface area contributed by atoms with Crippen LogP contribution in [-0.4, -0.2) is 43.0 Å². The quantitative estimate of drug-likeness (QED) is 0.500. The molecule has 0 heterocycles. The third-order valence-corrected chi connectivity index (χ3v) is 4.57. The van der Waals surface area contributed by atoms with Crippen LogP contribution >= 0.6 is 0 Å². The normalized spacial score (nSPS) is 10.6. The molecule has 31 heavy (non-hydrogen) atoms. The van der Waals surface area contributed by atoms with Crippen LogP contribution in [0.3, 0.4) is 0 Å². The van der Waals surface area contributed by atoms with Gasteiger partial charge >= 0.3 is 0 Å². The summed E-state index contributed by atoms with van der Waals surface area (Å²) in [5, 5.41) is 6.00. The molecule has 0 aliphatic rings. The van der Waals surface area contributed by atoms with Crippen molar-refractivity contribution in [2.75, 3.05) is 36.9 Å². The molecule has 6 heteroatoms. The van der Waals surface area contributed by atoms with Crippen LogP contribution in [0.25, 0.3) is 0 Å². The standard InChI is InChI=1S/C25H35N3O3/c1-5-14-28(15-6-2)25(30)20-10-9-11-21(16-20)27-24(29)17-26-22-12-7-8-13-23(22)31-18-19(3)4/h7-13,16,19,26H,5-6,14-15,17-18H2,1-4H3,(H,27,29). The molecule has 0 unspecified atom stereocenters. The minimum absolute atomic E-state index is 0.00541. The van der Waals surface area contributed by atoms with Gasteiger partial charge in [0, 0.05) is 24.3 Å². The minimum atomic E-state index is -0.192. The van der Waals surface area contributed by atoms with Gasteiger partial charge in [-0.3, -0.25) is 9.59 Å². The van der Waals surface area contributed by atoms with E-state index < -0.39 is 0 Å². The number of hydrogen-bond donors (Lipinski definition) is 2. The number of para-hydroxylation sites is 2. The molecule has 2 rings (SSSR count). The maximum atomic E-state index is 12.8. The van der Waals surface area contributed by atoms with E-state index in [0.717, 1.165) is 37.4 Å². The van der Waals surface area contributed by atoms with Gasteiger partial charge in [0.25, 0.3) is 5.91 Å². The van der Waals surface area contributed by atoms with E-state index in [1.807, 2.05) is 29.2 Å². The fourth-order valence-corrected chi connectivity index (χ4v) is 3.14. The number of nitrogens with zero attached hydrogens (tertiary/aromatic N) is 1. The van der Waals surface area contributed by atoms with E-state index in [4.69, 9.17) is 4.74 Å². The van der Waals surface area contributed by atoms with Crippen molar-refractivity contribution >= 4 is 23.2 Å². The van der Waals surface area contributed by atoms with Crippen molar-refractivity contribution < 1.29 is 14.3 Å². The number of anilines is 2. The van der Waals surface area contributed by atoms with Crippen molar-refractivity contribution in [2.45, 2.75) is 40.5 Å². The number of carbonyl (C=O) groups is 2. The summed E-state index contributed by atoms with van der Waals surface area (Å²) in [6.07, 6.45) is 1.83. The van der Waals surface area contributed by atoms with Crippen molar-refractivity contribution in [1.29, 1.82) is 0 Å². The van der Waals surface area contributed by atoms with E-state index >= 15 is 0 Å². The Morgan fingerprint density at radius 3 is 2.39 bits per heavy atom. The molecule has 0 saturated carbocycles. The van der Waals surface area contributed by atoms with Crippen molar-refractivity contribution in [2.24, 2.45) is 5.92 Å². The first-order valence-electron chi connectivity index (χ1n) is 11.1. The maximum Gasteiger partial charge on any atom is 0.253 e. The molecule has 0 aliphatic carbocycles. The van der Waals surface area contributed by atoms with Crippen molar-refractivity contribution in [3.8, 4) is 5.75 Å². The first-order valence-corrected chi connectivity index (χ1v) is 11.1. The first-order chi connectivity index (χ1) is 14.9. The molecule has 2 aromatic rings. The molecular weight excluding hydrogens is 390 g/mol. The van der Waals surface area contributed by atoms with E-state index in [1.165, 1.54) is 0 Å². The molecule has 168 valence electrons. The van der Waals surface area contributed by atoms with Crippen molar-refractivity contribution in [3.63, 3.8) is 0 Å². The average Bonchev–Trinajstić information content (AvgIpc) is 2.76. The second-order valence-electron chi connectivity index (χ2n) is 7.98. The molecular formula is C25H35N3O3. The third kappa shape index (κ3) is 7.96. The average molecular weight is 426 g/mol. The lowest BCUT2D eigenvalue weighted by molar-refractivity contribution is -0.114. The molecule has 0 radical (unpaired) electrons. The Hall–Kier alpha value is -3.02. The lowest BCUT2D eigenvalue weighted by Gasteiger charge is -2.21. The fraction of sp³-hybridized carbons (Fsp3) is 0.440. The molecule has 2 N–H and O–H groups in total. The van der Waals surface area contributed by atoms with Gasteiger partial charge in [0.2, 0.25) is 5.91 Å². The Balaban J connectivity index is 1.98. The second-order valence-corrected chi connectivity index (χ2v) is 7.98. The first kappa shape index (κ1) is 24.3. The molecule has 0 aliphatic heterocycles. The smallest absolute Gasteiger partial charge is 0.253 e. The molecule has 2 amide bonds. The number of nitrogens with one attached hydrogen (secondary N) is 2. The molecule has 0 spiro atoms. The third-order valence-electron chi connectivity index (χ3n) is 4.57. The van der Waals surface area contributed by atoms with Crippen LogP contribution in [0, 0.1) is 5.92 Å². The second kappa shape index (κ2) is 12.6. The monoisotopic (exact) mass is 425 g/mol. The summed E-state index contributed by atoms with van der Waals surface area (Å²) in [6, 6.07) is 14.7. The number of benzene rings is 2. The van der Waals surface area contributed by atoms with Gasteiger partial charge in [0.1, 0.15) is 5.75 Å². The SMILES string of the molecule is CCCN(CCC)C(=O)c1cccc(NC(=O)CNc2ccccc2OCC(C)C)c1. The zero-order chi connectivity index (χ0) is 22.6. The number of amides is 2. The number of carbonyl (C=O) groups excluding carboxylic acids is 2. The van der Waals surface area contributed by atoms with Crippen LogP contribution in [0.2, 0.25) is 0 Å². The zero-order valence-corrected chi connectivity index (χ0v) is 19.1. The summed E-state index contributed by atoms with van der Waals surface area (Å²) in [6.45, 7) is 10.5. The predicted molar refractivity (Wildman–Crippen MR) is 127 cm³/mol. The van der Waals surface area contributed by atoms with E-state index in [-0.39, 0.29) is 18.4 Å². The summed E-state index contributed by atoms with van der Waals surface area (Å²) >= 11 is 0. The highest BCUT2D eigenvalue weighted by Crippen LogP contribution is 2.24. The van der Waals surface area contributed by atoms with Gasteiger partial charge in [-0.1, -0.05) is 45.9 Å². The van der Waals surface area contributed by atoms with Gasteiger partial charge in [-0.2, -0.15) is 0 Å². The Labute approximate surface area is 186 Å². The van der Waals surface area contributed by atoms with Crippen LogP contribution in [0.5, 0.6) is 5.75 Å².